The Morgan fingerprint density at radius 2 is 1.90 bits per heavy atom. The van der Waals surface area contributed by atoms with Gasteiger partial charge in [-0.05, 0) is 44.6 Å². The maximum atomic E-state index is 13.2. The van der Waals surface area contributed by atoms with E-state index in [0.29, 0.717) is 65.5 Å². The number of rotatable bonds is 8. The second-order valence-electron chi connectivity index (χ2n) is 10.0. The van der Waals surface area contributed by atoms with E-state index in [1.807, 2.05) is 0 Å². The fraction of sp³-hybridized carbons (Fsp3) is 0.400. The molecule has 216 valence electrons. The summed E-state index contributed by atoms with van der Waals surface area (Å²) in [5, 5.41) is 20.5. The van der Waals surface area contributed by atoms with Gasteiger partial charge in [0.05, 0.1) is 35.0 Å². The lowest BCUT2D eigenvalue weighted by atomic mass is 9.92. The fourth-order valence-electron chi connectivity index (χ4n) is 4.67. The first kappa shape index (κ1) is 27.5. The number of aromatic nitrogens is 6. The molecule has 2 saturated carbocycles. The van der Waals surface area contributed by atoms with Crippen LogP contribution in [0.5, 0.6) is 0 Å². The summed E-state index contributed by atoms with van der Waals surface area (Å²) >= 11 is 0.512. The van der Waals surface area contributed by atoms with Gasteiger partial charge in [-0.15, -0.1) is 11.3 Å². The van der Waals surface area contributed by atoms with E-state index in [1.54, 1.807) is 12.1 Å². The van der Waals surface area contributed by atoms with Gasteiger partial charge in [0.2, 0.25) is 0 Å². The van der Waals surface area contributed by atoms with Gasteiger partial charge >= 0.3 is 6.18 Å². The summed E-state index contributed by atoms with van der Waals surface area (Å²) in [6.45, 7) is 0. The van der Waals surface area contributed by atoms with Gasteiger partial charge in [-0.1, -0.05) is 0 Å². The van der Waals surface area contributed by atoms with E-state index < -0.39 is 32.6 Å². The molecule has 2 aliphatic rings. The first-order valence-electron chi connectivity index (χ1n) is 12.9. The van der Waals surface area contributed by atoms with Crippen molar-refractivity contribution in [3.8, 4) is 22.6 Å². The molecule has 16 heteroatoms. The van der Waals surface area contributed by atoms with Gasteiger partial charge in [-0.2, -0.15) is 22.4 Å². The molecular formula is C25H25F3N8O3S2. The van der Waals surface area contributed by atoms with Crippen molar-refractivity contribution < 1.29 is 26.7 Å². The van der Waals surface area contributed by atoms with Crippen LogP contribution in [0, 0.1) is 0 Å². The predicted octanol–water partition coefficient (Wildman–Crippen LogP) is 4.68. The Kier molecular flexibility index (Phi) is 7.15. The van der Waals surface area contributed by atoms with E-state index >= 15 is 0 Å². The summed E-state index contributed by atoms with van der Waals surface area (Å²) in [6, 6.07) is 3.18. The molecule has 11 nitrogen and oxygen atoms in total. The molecule has 0 aromatic carbocycles. The highest BCUT2D eigenvalue weighted by Gasteiger charge is 2.38. The zero-order valence-electron chi connectivity index (χ0n) is 21.4. The lowest BCUT2D eigenvalue weighted by Crippen LogP contribution is -2.30. The molecule has 4 aromatic rings. The zero-order chi connectivity index (χ0) is 28.8. The van der Waals surface area contributed by atoms with Crippen LogP contribution in [-0.4, -0.2) is 60.0 Å². The fourth-order valence-corrected chi connectivity index (χ4v) is 6.83. The van der Waals surface area contributed by atoms with Crippen molar-refractivity contribution in [2.24, 2.45) is 0 Å². The van der Waals surface area contributed by atoms with E-state index in [9.17, 15) is 26.7 Å². The van der Waals surface area contributed by atoms with Crippen molar-refractivity contribution in [2.45, 2.75) is 62.1 Å². The van der Waals surface area contributed by atoms with Crippen LogP contribution in [0.1, 0.15) is 43.5 Å². The van der Waals surface area contributed by atoms with Crippen LogP contribution in [0.15, 0.2) is 42.3 Å². The number of pyridine rings is 1. The molecule has 0 spiro atoms. The van der Waals surface area contributed by atoms with Gasteiger partial charge in [0.1, 0.15) is 11.6 Å². The Morgan fingerprint density at radius 1 is 1.07 bits per heavy atom. The van der Waals surface area contributed by atoms with Gasteiger partial charge < -0.3 is 15.7 Å². The average molecular weight is 607 g/mol. The molecule has 0 saturated heterocycles. The largest absolute Gasteiger partial charge is 0.443 e. The topological polar surface area (TPSA) is 148 Å². The minimum atomic E-state index is -4.55. The minimum absolute atomic E-state index is 0.0809. The standard InChI is InChI=1S/C25H25F3N8O3S2/c26-25(27,28)24-33-20(13-40-24)18-11-30-22(9-19(18)32-15-2-1-3-16(37)8-15)34-21-6-7-29-23(35-21)14-10-31-36(12-14)41(38,39)17-4-5-17/h6-7,9-13,15-17,37H,1-5,8H2,(H2,29,30,32,34,35)/t15-,16+/m1/s1. The summed E-state index contributed by atoms with van der Waals surface area (Å²) in [4.78, 5) is 16.9. The van der Waals surface area contributed by atoms with Crippen LogP contribution in [0.4, 0.5) is 30.5 Å². The van der Waals surface area contributed by atoms with Crippen molar-refractivity contribution in [1.82, 2.24) is 29.1 Å². The number of nitrogens with one attached hydrogen (secondary N) is 2. The van der Waals surface area contributed by atoms with Crippen molar-refractivity contribution >= 4 is 38.7 Å². The Morgan fingerprint density at radius 3 is 2.63 bits per heavy atom. The summed E-state index contributed by atoms with van der Waals surface area (Å²) in [6.07, 6.45) is 4.76. The highest BCUT2D eigenvalue weighted by Crippen LogP contribution is 2.38. The number of nitrogens with zero attached hydrogens (tertiary/aromatic N) is 6. The van der Waals surface area contributed by atoms with Gasteiger partial charge in [-0.25, -0.2) is 28.4 Å². The van der Waals surface area contributed by atoms with E-state index in [2.05, 4.69) is 35.7 Å². The van der Waals surface area contributed by atoms with Crippen molar-refractivity contribution in [2.75, 3.05) is 10.6 Å². The first-order chi connectivity index (χ1) is 19.6. The average Bonchev–Trinajstić information content (AvgIpc) is 3.45. The van der Waals surface area contributed by atoms with Crippen molar-refractivity contribution in [1.29, 1.82) is 0 Å². The number of aliphatic hydroxyl groups excluding tert-OH is 1. The molecule has 2 aliphatic carbocycles. The summed E-state index contributed by atoms with van der Waals surface area (Å²) in [7, 11) is -3.53. The number of anilines is 3. The summed E-state index contributed by atoms with van der Waals surface area (Å²) < 4.78 is 65.6. The monoisotopic (exact) mass is 606 g/mol. The third-order valence-corrected chi connectivity index (χ3v) is 9.79. The van der Waals surface area contributed by atoms with Crippen LogP contribution in [0.3, 0.4) is 0 Å². The molecule has 0 radical (unpaired) electrons. The Bertz CT molecular complexity index is 1670. The molecular weight excluding hydrogens is 581 g/mol. The van der Waals surface area contributed by atoms with Crippen LogP contribution in [0.25, 0.3) is 22.6 Å². The quantitative estimate of drug-likeness (QED) is 0.258. The van der Waals surface area contributed by atoms with Gasteiger partial charge in [-0.3, -0.25) is 0 Å². The lowest BCUT2D eigenvalue weighted by molar-refractivity contribution is -0.137. The smallest absolute Gasteiger partial charge is 0.393 e. The van der Waals surface area contributed by atoms with E-state index in [-0.39, 0.29) is 17.6 Å². The number of thiazole rings is 1. The first-order valence-corrected chi connectivity index (χ1v) is 15.3. The molecule has 0 aliphatic heterocycles. The molecule has 0 bridgehead atoms. The number of alkyl halides is 3. The SMILES string of the molecule is O=S(=O)(C1CC1)n1cc(-c2nccc(Nc3cc(N[C@@H]4CCC[C@H](O)C4)c(-c4csc(C(F)(F)F)n4)cn3)n2)cn1. The highest BCUT2D eigenvalue weighted by molar-refractivity contribution is 7.90. The summed E-state index contributed by atoms with van der Waals surface area (Å²) in [5.74, 6) is 0.969. The van der Waals surface area contributed by atoms with Crippen LogP contribution >= 0.6 is 11.3 Å². The normalized spacial score (nSPS) is 19.7. The molecule has 2 atom stereocenters. The van der Waals surface area contributed by atoms with Crippen molar-refractivity contribution in [3.63, 3.8) is 0 Å². The molecule has 4 aromatic heterocycles. The molecule has 0 unspecified atom stereocenters. The van der Waals surface area contributed by atoms with Gasteiger partial charge in [0, 0.05) is 41.1 Å². The molecule has 41 heavy (non-hydrogen) atoms. The molecule has 3 N–H and O–H groups in total. The minimum Gasteiger partial charge on any atom is -0.393 e. The number of aliphatic hydroxyl groups is 1. The Balaban J connectivity index is 1.27. The van der Waals surface area contributed by atoms with Crippen LogP contribution in [-0.2, 0) is 16.2 Å². The van der Waals surface area contributed by atoms with Gasteiger partial charge in [0.25, 0.3) is 10.0 Å². The molecule has 0 amide bonds. The van der Waals surface area contributed by atoms with E-state index in [1.165, 1.54) is 30.2 Å². The number of hydrogen-bond donors (Lipinski definition) is 3. The Labute approximate surface area is 237 Å². The van der Waals surface area contributed by atoms with Crippen LogP contribution in [0.2, 0.25) is 0 Å². The van der Waals surface area contributed by atoms with Crippen LogP contribution < -0.4 is 10.6 Å². The maximum absolute atomic E-state index is 13.2. The predicted molar refractivity (Wildman–Crippen MR) is 146 cm³/mol. The summed E-state index contributed by atoms with van der Waals surface area (Å²) in [5.41, 5.74) is 1.47. The van der Waals surface area contributed by atoms with Crippen molar-refractivity contribution in [3.05, 3.63) is 47.3 Å². The molecule has 2 fully saturated rings. The third-order valence-electron chi connectivity index (χ3n) is 6.87. The zero-order valence-corrected chi connectivity index (χ0v) is 23.0. The third kappa shape index (κ3) is 6.04. The number of hydrogen-bond acceptors (Lipinski definition) is 11. The molecule has 4 heterocycles. The van der Waals surface area contributed by atoms with E-state index in [0.717, 1.165) is 16.9 Å². The second kappa shape index (κ2) is 10.6. The van der Waals surface area contributed by atoms with Gasteiger partial charge in [0.15, 0.2) is 10.8 Å². The number of halogens is 3. The highest BCUT2D eigenvalue weighted by atomic mass is 32.2. The molecule has 6 rings (SSSR count). The van der Waals surface area contributed by atoms with E-state index in [4.69, 9.17) is 0 Å². The second-order valence-corrected chi connectivity index (χ2v) is 13.0. The Hall–Kier alpha value is -3.63. The maximum Gasteiger partial charge on any atom is 0.443 e. The lowest BCUT2D eigenvalue weighted by Gasteiger charge is -2.28.